The lowest BCUT2D eigenvalue weighted by Gasteiger charge is -1.97. The first-order valence-electron chi connectivity index (χ1n) is 3.59. The summed E-state index contributed by atoms with van der Waals surface area (Å²) < 4.78 is 26.4. The van der Waals surface area contributed by atoms with Crippen molar-refractivity contribution in [3.8, 4) is 0 Å². The van der Waals surface area contributed by atoms with E-state index in [1.54, 1.807) is 0 Å². The number of H-pyrrole nitrogens is 1. The minimum atomic E-state index is -3.82. The van der Waals surface area contributed by atoms with E-state index in [1.165, 1.54) is 14.0 Å². The van der Waals surface area contributed by atoms with Gasteiger partial charge in [-0.3, -0.25) is 0 Å². The maximum absolute atomic E-state index is 11.1. The molecule has 78 valence electrons. The van der Waals surface area contributed by atoms with Gasteiger partial charge in [-0.15, -0.1) is 0 Å². The van der Waals surface area contributed by atoms with Gasteiger partial charge in [0.05, 0.1) is 7.11 Å². The summed E-state index contributed by atoms with van der Waals surface area (Å²) in [5.74, 6) is -0.630. The van der Waals surface area contributed by atoms with Gasteiger partial charge in [0.2, 0.25) is 0 Å². The van der Waals surface area contributed by atoms with Crippen molar-refractivity contribution in [3.63, 3.8) is 0 Å². The molecule has 0 aliphatic rings. The maximum atomic E-state index is 11.1. The Bertz CT molecular complexity index is 462. The van der Waals surface area contributed by atoms with Gasteiger partial charge in [0.1, 0.15) is 10.6 Å². The molecule has 0 saturated heterocycles. The molecule has 0 aromatic carbocycles. The molecule has 0 saturated carbocycles. The third-order valence-corrected chi connectivity index (χ3v) is 3.19. The first-order chi connectivity index (χ1) is 6.38. The lowest BCUT2D eigenvalue weighted by atomic mass is 10.3. The minimum absolute atomic E-state index is 0.0896. The molecule has 0 unspecified atom stereocenters. The highest BCUT2D eigenvalue weighted by molar-refractivity contribution is 8.13. The van der Waals surface area contributed by atoms with Crippen LogP contribution in [0.5, 0.6) is 0 Å². The molecule has 0 spiro atoms. The van der Waals surface area contributed by atoms with Crippen LogP contribution >= 0.6 is 10.7 Å². The Morgan fingerprint density at radius 2 is 2.14 bits per heavy atom. The Morgan fingerprint density at radius 1 is 1.57 bits per heavy atom. The van der Waals surface area contributed by atoms with Crippen molar-refractivity contribution in [1.29, 1.82) is 0 Å². The summed E-state index contributed by atoms with van der Waals surface area (Å²) in [6.07, 6.45) is 1.16. The predicted octanol–water partition coefficient (Wildman–Crippen LogP) is 1.04. The maximum Gasteiger partial charge on any atom is 0.354 e. The summed E-state index contributed by atoms with van der Waals surface area (Å²) >= 11 is 0. The zero-order valence-corrected chi connectivity index (χ0v) is 9.07. The third kappa shape index (κ3) is 1.91. The fourth-order valence-corrected chi connectivity index (χ4v) is 2.19. The summed E-state index contributed by atoms with van der Waals surface area (Å²) in [7, 11) is 2.51. The number of halogens is 1. The van der Waals surface area contributed by atoms with Gasteiger partial charge in [-0.2, -0.15) is 0 Å². The molecule has 0 aliphatic carbocycles. The number of nitrogens with one attached hydrogen (secondary N) is 1. The normalized spacial score (nSPS) is 11.4. The molecule has 0 atom stereocenters. The predicted molar refractivity (Wildman–Crippen MR) is 49.9 cm³/mol. The molecule has 1 N–H and O–H groups in total. The number of ether oxygens (including phenoxy) is 1. The zero-order chi connectivity index (χ0) is 10.9. The van der Waals surface area contributed by atoms with Crippen LogP contribution in [-0.4, -0.2) is 26.5 Å². The fourth-order valence-electron chi connectivity index (χ4n) is 1.04. The number of methoxy groups -OCH3 is 1. The Labute approximate surface area is 85.4 Å². The van der Waals surface area contributed by atoms with Crippen LogP contribution in [0.1, 0.15) is 16.1 Å². The van der Waals surface area contributed by atoms with Crippen LogP contribution < -0.4 is 0 Å². The zero-order valence-electron chi connectivity index (χ0n) is 7.50. The Hall–Kier alpha value is -1.01. The molecule has 1 heterocycles. The Balaban J connectivity index is 3.29. The summed E-state index contributed by atoms with van der Waals surface area (Å²) in [5, 5.41) is 0. The highest BCUT2D eigenvalue weighted by atomic mass is 35.7. The summed E-state index contributed by atoms with van der Waals surface area (Å²) in [6.45, 7) is 1.47. The van der Waals surface area contributed by atoms with Crippen LogP contribution in [0, 0.1) is 6.92 Å². The number of hydrogen-bond acceptors (Lipinski definition) is 4. The quantitative estimate of drug-likeness (QED) is 0.616. The number of carbonyl (C=O) groups excluding carboxylic acids is 1. The summed E-state index contributed by atoms with van der Waals surface area (Å²) in [6, 6.07) is 0. The standard InChI is InChI=1S/C7H8ClNO4S/c1-4-5(14(8,11)12)3-9-6(4)7(10)13-2/h3,9H,1-2H3. The van der Waals surface area contributed by atoms with Crippen LogP contribution in [0.25, 0.3) is 0 Å². The lowest BCUT2D eigenvalue weighted by molar-refractivity contribution is 0.0594. The average molecular weight is 238 g/mol. The smallest absolute Gasteiger partial charge is 0.354 e. The van der Waals surface area contributed by atoms with Gasteiger partial charge in [-0.1, -0.05) is 0 Å². The van der Waals surface area contributed by atoms with Gasteiger partial charge in [0.15, 0.2) is 0 Å². The number of carbonyl (C=O) groups is 1. The molecule has 1 aromatic heterocycles. The van der Waals surface area contributed by atoms with Crippen molar-refractivity contribution in [1.82, 2.24) is 4.98 Å². The van der Waals surface area contributed by atoms with Gasteiger partial charge < -0.3 is 9.72 Å². The lowest BCUT2D eigenvalue weighted by Crippen LogP contribution is -2.03. The van der Waals surface area contributed by atoms with E-state index in [9.17, 15) is 13.2 Å². The number of esters is 1. The van der Waals surface area contributed by atoms with E-state index in [0.29, 0.717) is 0 Å². The van der Waals surface area contributed by atoms with Crippen molar-refractivity contribution in [2.45, 2.75) is 11.8 Å². The SMILES string of the molecule is COC(=O)c1[nH]cc(S(=O)(=O)Cl)c1C. The van der Waals surface area contributed by atoms with Crippen LogP contribution in [0.2, 0.25) is 0 Å². The van der Waals surface area contributed by atoms with E-state index in [0.717, 1.165) is 6.20 Å². The van der Waals surface area contributed by atoms with E-state index < -0.39 is 15.0 Å². The third-order valence-electron chi connectivity index (χ3n) is 1.74. The van der Waals surface area contributed by atoms with Crippen LogP contribution in [0.15, 0.2) is 11.1 Å². The van der Waals surface area contributed by atoms with E-state index in [4.69, 9.17) is 10.7 Å². The van der Waals surface area contributed by atoms with Gasteiger partial charge >= 0.3 is 5.97 Å². The van der Waals surface area contributed by atoms with Crippen molar-refractivity contribution in [3.05, 3.63) is 17.5 Å². The molecular formula is C7H8ClNO4S. The first-order valence-corrected chi connectivity index (χ1v) is 5.89. The molecule has 0 aliphatic heterocycles. The van der Waals surface area contributed by atoms with E-state index in [2.05, 4.69) is 9.72 Å². The summed E-state index contributed by atoms with van der Waals surface area (Å²) in [4.78, 5) is 13.5. The molecule has 0 radical (unpaired) electrons. The van der Waals surface area contributed by atoms with Crippen molar-refractivity contribution in [2.75, 3.05) is 7.11 Å². The van der Waals surface area contributed by atoms with Gasteiger partial charge in [0.25, 0.3) is 9.05 Å². The second-order valence-electron chi connectivity index (χ2n) is 2.58. The monoisotopic (exact) mass is 237 g/mol. The second kappa shape index (κ2) is 3.62. The molecule has 0 amide bonds. The average Bonchev–Trinajstić information content (AvgIpc) is 2.45. The molecule has 1 rings (SSSR count). The van der Waals surface area contributed by atoms with Gasteiger partial charge in [-0.05, 0) is 6.92 Å². The van der Waals surface area contributed by atoms with Crippen molar-refractivity contribution < 1.29 is 17.9 Å². The molecular weight excluding hydrogens is 230 g/mol. The highest BCUT2D eigenvalue weighted by Crippen LogP contribution is 2.22. The molecule has 0 bridgehead atoms. The number of hydrogen-bond donors (Lipinski definition) is 1. The molecule has 0 fully saturated rings. The van der Waals surface area contributed by atoms with Gasteiger partial charge in [0, 0.05) is 22.4 Å². The number of rotatable bonds is 2. The van der Waals surface area contributed by atoms with E-state index in [-0.39, 0.29) is 16.2 Å². The fraction of sp³-hybridized carbons (Fsp3) is 0.286. The Morgan fingerprint density at radius 3 is 2.50 bits per heavy atom. The second-order valence-corrected chi connectivity index (χ2v) is 5.12. The molecule has 14 heavy (non-hydrogen) atoms. The van der Waals surface area contributed by atoms with E-state index >= 15 is 0 Å². The van der Waals surface area contributed by atoms with Crippen LogP contribution in [0.4, 0.5) is 0 Å². The molecule has 7 heteroatoms. The topological polar surface area (TPSA) is 76.2 Å². The largest absolute Gasteiger partial charge is 0.464 e. The Kier molecular flexibility index (Phi) is 2.86. The minimum Gasteiger partial charge on any atom is -0.464 e. The summed E-state index contributed by atoms with van der Waals surface area (Å²) in [5.41, 5.74) is 0.346. The van der Waals surface area contributed by atoms with Gasteiger partial charge in [-0.25, -0.2) is 13.2 Å². The number of aromatic amines is 1. The molecule has 5 nitrogen and oxygen atoms in total. The highest BCUT2D eigenvalue weighted by Gasteiger charge is 2.21. The molecule has 1 aromatic rings. The van der Waals surface area contributed by atoms with Crippen LogP contribution in [0.3, 0.4) is 0 Å². The van der Waals surface area contributed by atoms with Crippen LogP contribution in [-0.2, 0) is 13.8 Å². The van der Waals surface area contributed by atoms with Crippen molar-refractivity contribution >= 4 is 25.7 Å². The van der Waals surface area contributed by atoms with E-state index in [1.807, 2.05) is 0 Å². The number of aromatic nitrogens is 1. The van der Waals surface area contributed by atoms with Crippen molar-refractivity contribution in [2.24, 2.45) is 0 Å². The first kappa shape index (κ1) is 11.1.